The van der Waals surface area contributed by atoms with E-state index in [1.165, 1.54) is 4.68 Å². The molecule has 0 spiro atoms. The summed E-state index contributed by atoms with van der Waals surface area (Å²) in [5.74, 6) is 0.513. The molecule has 0 aliphatic rings. The summed E-state index contributed by atoms with van der Waals surface area (Å²) in [5.41, 5.74) is 3.78. The Balaban J connectivity index is 1.74. The van der Waals surface area contributed by atoms with Gasteiger partial charge in [-0.1, -0.05) is 12.1 Å². The lowest BCUT2D eigenvalue weighted by Gasteiger charge is -2.11. The van der Waals surface area contributed by atoms with E-state index in [9.17, 15) is 4.79 Å². The van der Waals surface area contributed by atoms with E-state index < -0.39 is 0 Å². The maximum Gasteiger partial charge on any atom is 0.282 e. The van der Waals surface area contributed by atoms with Gasteiger partial charge in [-0.25, -0.2) is 4.98 Å². The van der Waals surface area contributed by atoms with Crippen molar-refractivity contribution in [1.82, 2.24) is 23.9 Å². The lowest BCUT2D eigenvalue weighted by molar-refractivity contribution is 0.794. The summed E-state index contributed by atoms with van der Waals surface area (Å²) in [6, 6.07) is 17.7. The summed E-state index contributed by atoms with van der Waals surface area (Å²) in [6.07, 6.45) is 7.44. The van der Waals surface area contributed by atoms with E-state index in [1.54, 1.807) is 18.5 Å². The summed E-state index contributed by atoms with van der Waals surface area (Å²) < 4.78 is 5.53. The maximum atomic E-state index is 13.2. The molecule has 4 aromatic heterocycles. The van der Waals surface area contributed by atoms with Crippen molar-refractivity contribution in [2.45, 2.75) is 13.8 Å². The van der Waals surface area contributed by atoms with Crippen molar-refractivity contribution in [1.29, 1.82) is 0 Å². The predicted molar refractivity (Wildman–Crippen MR) is 113 cm³/mol. The van der Waals surface area contributed by atoms with Crippen LogP contribution >= 0.6 is 0 Å². The van der Waals surface area contributed by atoms with E-state index in [1.807, 2.05) is 56.6 Å². The second-order valence-corrected chi connectivity index (χ2v) is 6.95. The van der Waals surface area contributed by atoms with Crippen LogP contribution in [0.1, 0.15) is 11.4 Å². The molecule has 0 bridgehead atoms. The number of aromatic nitrogens is 5. The van der Waals surface area contributed by atoms with Gasteiger partial charge in [0.25, 0.3) is 5.56 Å². The molecule has 5 rings (SSSR count). The molecule has 29 heavy (non-hydrogen) atoms. The van der Waals surface area contributed by atoms with Gasteiger partial charge in [0.05, 0.1) is 11.6 Å². The van der Waals surface area contributed by atoms with Gasteiger partial charge in [0.2, 0.25) is 0 Å². The second-order valence-electron chi connectivity index (χ2n) is 6.95. The zero-order chi connectivity index (χ0) is 20.0. The molecule has 0 saturated carbocycles. The molecule has 0 N–H and O–H groups in total. The molecule has 142 valence electrons. The molecular weight excluding hydrogens is 362 g/mol. The number of fused-ring (bicyclic) bond motifs is 1. The molecule has 1 aromatic carbocycles. The van der Waals surface area contributed by atoms with Crippen LogP contribution in [0.5, 0.6) is 0 Å². The van der Waals surface area contributed by atoms with Crippen LogP contribution in [0.3, 0.4) is 0 Å². The zero-order valence-corrected chi connectivity index (χ0v) is 16.1. The Morgan fingerprint density at radius 3 is 2.41 bits per heavy atom. The van der Waals surface area contributed by atoms with Gasteiger partial charge in [0.15, 0.2) is 5.82 Å². The molecule has 6 heteroatoms. The number of nitrogens with zero attached hydrogens (tertiary/aromatic N) is 5. The molecule has 0 atom stereocenters. The van der Waals surface area contributed by atoms with Gasteiger partial charge in [0, 0.05) is 46.7 Å². The van der Waals surface area contributed by atoms with Crippen LogP contribution in [-0.2, 0) is 0 Å². The molecule has 4 heterocycles. The van der Waals surface area contributed by atoms with Gasteiger partial charge >= 0.3 is 0 Å². The highest BCUT2D eigenvalue weighted by atomic mass is 16.1. The topological polar surface area (TPSA) is 57.6 Å². The first kappa shape index (κ1) is 17.2. The number of benzene rings is 1. The highest BCUT2D eigenvalue weighted by Gasteiger charge is 2.18. The standard InChI is InChI=1S/C23H19N5O/c1-16-20-15-25-28(21-10-3-4-11-24-21)23(29)22(20)17(2)27(16)19-9-7-8-18(14-19)26-12-5-6-13-26/h3-15H,1-2H3. The molecule has 0 unspecified atom stereocenters. The SMILES string of the molecule is Cc1c2cnn(-c3ccccn3)c(=O)c2c(C)n1-c1cccc(-n2cccc2)c1. The molecule has 0 radical (unpaired) electrons. The molecule has 5 aromatic rings. The first-order valence-corrected chi connectivity index (χ1v) is 9.40. The number of hydrogen-bond acceptors (Lipinski definition) is 3. The number of aryl methyl sites for hydroxylation is 2. The second kappa shape index (κ2) is 6.60. The molecule has 0 aliphatic carbocycles. The van der Waals surface area contributed by atoms with Crippen molar-refractivity contribution < 1.29 is 0 Å². The van der Waals surface area contributed by atoms with E-state index >= 15 is 0 Å². The van der Waals surface area contributed by atoms with E-state index in [-0.39, 0.29) is 5.56 Å². The van der Waals surface area contributed by atoms with E-state index in [0.717, 1.165) is 28.1 Å². The average Bonchev–Trinajstić information content (AvgIpc) is 3.37. The normalized spacial score (nSPS) is 11.2. The van der Waals surface area contributed by atoms with Crippen molar-refractivity contribution >= 4 is 10.8 Å². The lowest BCUT2D eigenvalue weighted by Crippen LogP contribution is -2.21. The van der Waals surface area contributed by atoms with Crippen LogP contribution in [0.2, 0.25) is 0 Å². The smallest absolute Gasteiger partial charge is 0.282 e. The molecular formula is C23H19N5O. The van der Waals surface area contributed by atoms with Crippen LogP contribution in [0, 0.1) is 13.8 Å². The van der Waals surface area contributed by atoms with Gasteiger partial charge in [-0.15, -0.1) is 0 Å². The van der Waals surface area contributed by atoms with E-state index in [4.69, 9.17) is 0 Å². The highest BCUT2D eigenvalue weighted by Crippen LogP contribution is 2.27. The van der Waals surface area contributed by atoms with Crippen molar-refractivity contribution in [3.8, 4) is 17.2 Å². The average molecular weight is 381 g/mol. The van der Waals surface area contributed by atoms with Crippen LogP contribution in [0.15, 0.2) is 84.2 Å². The van der Waals surface area contributed by atoms with Crippen molar-refractivity contribution in [2.24, 2.45) is 0 Å². The van der Waals surface area contributed by atoms with Crippen molar-refractivity contribution in [3.63, 3.8) is 0 Å². The predicted octanol–water partition coefficient (Wildman–Crippen LogP) is 3.98. The number of rotatable bonds is 3. The van der Waals surface area contributed by atoms with Gasteiger partial charge in [-0.3, -0.25) is 4.79 Å². The van der Waals surface area contributed by atoms with Crippen LogP contribution in [0.4, 0.5) is 0 Å². The Labute approximate surface area is 167 Å². The monoisotopic (exact) mass is 381 g/mol. The third-order valence-electron chi connectivity index (χ3n) is 5.26. The largest absolute Gasteiger partial charge is 0.324 e. The minimum Gasteiger partial charge on any atom is -0.324 e. The number of hydrogen-bond donors (Lipinski definition) is 0. The van der Waals surface area contributed by atoms with Gasteiger partial charge in [0.1, 0.15) is 0 Å². The van der Waals surface area contributed by atoms with Crippen LogP contribution in [-0.4, -0.2) is 23.9 Å². The number of pyridine rings is 1. The van der Waals surface area contributed by atoms with Crippen LogP contribution in [0.25, 0.3) is 28.0 Å². The van der Waals surface area contributed by atoms with Gasteiger partial charge < -0.3 is 9.13 Å². The summed E-state index contributed by atoms with van der Waals surface area (Å²) in [7, 11) is 0. The fraction of sp³-hybridized carbons (Fsp3) is 0.0870. The molecule has 0 amide bonds. The highest BCUT2D eigenvalue weighted by molar-refractivity contribution is 5.88. The van der Waals surface area contributed by atoms with Crippen molar-refractivity contribution in [3.05, 3.63) is 101 Å². The zero-order valence-electron chi connectivity index (χ0n) is 16.1. The first-order valence-electron chi connectivity index (χ1n) is 9.40. The summed E-state index contributed by atoms with van der Waals surface area (Å²) in [6.45, 7) is 3.99. The van der Waals surface area contributed by atoms with Crippen LogP contribution < -0.4 is 5.56 Å². The Morgan fingerprint density at radius 1 is 0.862 bits per heavy atom. The first-order chi connectivity index (χ1) is 14.1. The van der Waals surface area contributed by atoms with Crippen molar-refractivity contribution in [2.75, 3.05) is 0 Å². The molecule has 0 aliphatic heterocycles. The molecule has 0 saturated heterocycles. The lowest BCUT2D eigenvalue weighted by atomic mass is 10.2. The third kappa shape index (κ3) is 2.69. The Bertz CT molecular complexity index is 1380. The summed E-state index contributed by atoms with van der Waals surface area (Å²) in [4.78, 5) is 17.5. The Morgan fingerprint density at radius 2 is 1.66 bits per heavy atom. The third-order valence-corrected chi connectivity index (χ3v) is 5.26. The van der Waals surface area contributed by atoms with E-state index in [2.05, 4.69) is 37.4 Å². The quantitative estimate of drug-likeness (QED) is 0.475. The Hall–Kier alpha value is -3.93. The maximum absolute atomic E-state index is 13.2. The minimum atomic E-state index is -0.165. The van der Waals surface area contributed by atoms with Gasteiger partial charge in [-0.2, -0.15) is 9.78 Å². The Kier molecular flexibility index (Phi) is 3.91. The molecule has 6 nitrogen and oxygen atoms in total. The minimum absolute atomic E-state index is 0.165. The fourth-order valence-corrected chi connectivity index (χ4v) is 3.89. The summed E-state index contributed by atoms with van der Waals surface area (Å²) >= 11 is 0. The van der Waals surface area contributed by atoms with Gasteiger partial charge in [-0.05, 0) is 56.3 Å². The van der Waals surface area contributed by atoms with E-state index in [0.29, 0.717) is 11.2 Å². The molecule has 0 fully saturated rings. The fourth-order valence-electron chi connectivity index (χ4n) is 3.89. The summed E-state index contributed by atoms with van der Waals surface area (Å²) in [5, 5.41) is 5.88.